The van der Waals surface area contributed by atoms with Crippen molar-refractivity contribution in [2.24, 2.45) is 4.99 Å². The van der Waals surface area contributed by atoms with Crippen LogP contribution in [0.2, 0.25) is 0 Å². The molecule has 2 unspecified atom stereocenters. The summed E-state index contributed by atoms with van der Waals surface area (Å²) in [5.74, 6) is 3.61. The number of anilines is 1. The average molecular weight is 705 g/mol. The molecule has 0 fully saturated rings. The van der Waals surface area contributed by atoms with E-state index < -0.39 is 0 Å². The van der Waals surface area contributed by atoms with Crippen LogP contribution in [0.3, 0.4) is 0 Å². The van der Waals surface area contributed by atoms with E-state index in [1.807, 2.05) is 11.8 Å². The van der Waals surface area contributed by atoms with Crippen LogP contribution in [-0.4, -0.2) is 54.4 Å². The number of aromatic hydroxyl groups is 1. The first kappa shape index (κ1) is 43.1. The number of hydrogen-bond donors (Lipinski definition) is 2. The zero-order chi connectivity index (χ0) is 36.3. The fourth-order valence-electron chi connectivity index (χ4n) is 6.37. The number of thioether (sulfide) groups is 2. The van der Waals surface area contributed by atoms with E-state index in [0.29, 0.717) is 5.75 Å². The third-order valence-corrected chi connectivity index (χ3v) is 11.6. The molecule has 0 saturated carbocycles. The van der Waals surface area contributed by atoms with Gasteiger partial charge in [0, 0.05) is 27.9 Å². The van der Waals surface area contributed by atoms with E-state index in [9.17, 15) is 5.11 Å². The summed E-state index contributed by atoms with van der Waals surface area (Å²) in [6.07, 6.45) is 15.7. The summed E-state index contributed by atoms with van der Waals surface area (Å²) in [5, 5.41) is 15.4. The van der Waals surface area contributed by atoms with Gasteiger partial charge in [-0.15, -0.1) is 23.5 Å². The second-order valence-corrected chi connectivity index (χ2v) is 20.4. The molecule has 278 valence electrons. The predicted octanol–water partition coefficient (Wildman–Crippen LogP) is 12.7. The monoisotopic (exact) mass is 705 g/mol. The maximum atomic E-state index is 11.5. The summed E-state index contributed by atoms with van der Waals surface area (Å²) in [4.78, 5) is 10.8. The van der Waals surface area contributed by atoms with Crippen molar-refractivity contribution >= 4 is 35.2 Å². The maximum absolute atomic E-state index is 11.5. The Balaban J connectivity index is 2.59. The van der Waals surface area contributed by atoms with Gasteiger partial charge in [-0.2, -0.15) is 0 Å². The molecule has 2 rings (SSSR count). The highest BCUT2D eigenvalue weighted by atomic mass is 32.2. The van der Waals surface area contributed by atoms with Crippen LogP contribution in [0.1, 0.15) is 185 Å². The van der Waals surface area contributed by atoms with Crippen molar-refractivity contribution in [3.05, 3.63) is 23.3 Å². The number of rotatable bonds is 17. The predicted molar refractivity (Wildman–Crippen MR) is 219 cm³/mol. The molecular formula is C41H76N4OS2. The molecule has 1 heterocycles. The lowest BCUT2D eigenvalue weighted by Gasteiger charge is -2.55. The molecule has 0 bridgehead atoms. The molecule has 7 heteroatoms. The minimum atomic E-state index is -0.200. The first-order valence-electron chi connectivity index (χ1n) is 19.3. The standard InChI is InChI=1S/C41H76N4OS2/c1-15-17-19-21-23-25-27-47-36-43-35(42-31-29-32(38(3,4)5)34(46)33(30-31)39(6,7)8)44(40(9,10)11)37(45(36)41(12,13)14)48-28-26-24-22-20-18-16-2/h29-30,36-37,46H,15-28H2,1-14H3,(H,42,43). The molecule has 1 aromatic carbocycles. The molecular weight excluding hydrogens is 629 g/mol. The minimum Gasteiger partial charge on any atom is -0.507 e. The Kier molecular flexibility index (Phi) is 17.0. The molecule has 1 aromatic rings. The van der Waals surface area contributed by atoms with Crippen molar-refractivity contribution in [3.8, 4) is 5.75 Å². The van der Waals surface area contributed by atoms with E-state index in [0.717, 1.165) is 34.3 Å². The Morgan fingerprint density at radius 3 is 1.50 bits per heavy atom. The van der Waals surface area contributed by atoms with E-state index in [2.05, 4.69) is 136 Å². The van der Waals surface area contributed by atoms with Crippen LogP contribution in [0.5, 0.6) is 5.75 Å². The first-order valence-corrected chi connectivity index (χ1v) is 21.4. The molecule has 0 saturated heterocycles. The quantitative estimate of drug-likeness (QED) is 0.124. The molecule has 1 aliphatic heterocycles. The molecule has 5 nitrogen and oxygen atoms in total. The van der Waals surface area contributed by atoms with Gasteiger partial charge in [-0.05, 0) is 88.9 Å². The van der Waals surface area contributed by atoms with E-state index in [4.69, 9.17) is 4.99 Å². The van der Waals surface area contributed by atoms with Gasteiger partial charge in [0.25, 0.3) is 0 Å². The molecule has 48 heavy (non-hydrogen) atoms. The Morgan fingerprint density at radius 2 is 1.08 bits per heavy atom. The highest BCUT2D eigenvalue weighted by Gasteiger charge is 2.46. The van der Waals surface area contributed by atoms with Gasteiger partial charge >= 0.3 is 0 Å². The van der Waals surface area contributed by atoms with E-state index >= 15 is 0 Å². The van der Waals surface area contributed by atoms with Crippen LogP contribution in [-0.2, 0) is 10.8 Å². The lowest BCUT2D eigenvalue weighted by molar-refractivity contribution is 0.0121. The fourth-order valence-corrected chi connectivity index (χ4v) is 9.53. The summed E-state index contributed by atoms with van der Waals surface area (Å²) < 4.78 is 0. The van der Waals surface area contributed by atoms with Crippen LogP contribution >= 0.6 is 23.5 Å². The summed E-state index contributed by atoms with van der Waals surface area (Å²) >= 11 is 4.11. The summed E-state index contributed by atoms with van der Waals surface area (Å²) in [5.41, 5.74) is 2.47. The topological polar surface area (TPSA) is 51.1 Å². The maximum Gasteiger partial charge on any atom is 0.203 e. The van der Waals surface area contributed by atoms with Crippen LogP contribution in [0, 0.1) is 0 Å². The zero-order valence-electron chi connectivity index (χ0n) is 33.8. The Bertz CT molecular complexity index is 1090. The van der Waals surface area contributed by atoms with Gasteiger partial charge in [0.1, 0.15) is 11.2 Å². The molecule has 1 aliphatic rings. The molecule has 0 amide bonds. The van der Waals surface area contributed by atoms with E-state index in [1.165, 1.54) is 77.0 Å². The number of hydrogen-bond acceptors (Lipinski definition) is 7. The second-order valence-electron chi connectivity index (χ2n) is 18.0. The van der Waals surface area contributed by atoms with Crippen molar-refractivity contribution in [2.75, 3.05) is 16.8 Å². The van der Waals surface area contributed by atoms with Gasteiger partial charge in [-0.25, -0.2) is 9.89 Å². The SMILES string of the molecule is CCCCCCCCSC1N=C(Nc2cc(C(C)(C)C)c(O)c(C(C)(C)C)c2)N(C(C)(C)C)C(SCCCCCCCC)N1C(C)(C)C. The number of guanidine groups is 1. The number of aliphatic imine (C=N–C) groups is 1. The van der Waals surface area contributed by atoms with Crippen molar-refractivity contribution < 1.29 is 5.11 Å². The number of phenolic OH excluding ortho intramolecular Hbond substituents is 1. The lowest BCUT2D eigenvalue weighted by Crippen LogP contribution is -2.67. The number of phenols is 1. The number of unbranched alkanes of at least 4 members (excludes halogenated alkanes) is 10. The molecule has 0 radical (unpaired) electrons. The lowest BCUT2D eigenvalue weighted by atomic mass is 9.79. The van der Waals surface area contributed by atoms with Crippen molar-refractivity contribution in [1.82, 2.24) is 9.80 Å². The van der Waals surface area contributed by atoms with Gasteiger partial charge in [-0.3, -0.25) is 0 Å². The molecule has 0 spiro atoms. The van der Waals surface area contributed by atoms with Gasteiger partial charge in [0.2, 0.25) is 5.96 Å². The zero-order valence-corrected chi connectivity index (χ0v) is 35.4. The third kappa shape index (κ3) is 13.2. The largest absolute Gasteiger partial charge is 0.507 e. The van der Waals surface area contributed by atoms with Gasteiger partial charge in [-0.1, -0.05) is 120 Å². The molecule has 2 atom stereocenters. The minimum absolute atomic E-state index is 0.0186. The summed E-state index contributed by atoms with van der Waals surface area (Å²) in [6.45, 7) is 31.8. The highest BCUT2D eigenvalue weighted by Crippen LogP contribution is 2.44. The van der Waals surface area contributed by atoms with Crippen LogP contribution in [0.25, 0.3) is 0 Å². The molecule has 0 aromatic heterocycles. The van der Waals surface area contributed by atoms with Gasteiger partial charge < -0.3 is 15.3 Å². The molecule has 2 N–H and O–H groups in total. The number of nitrogens with zero attached hydrogens (tertiary/aromatic N) is 3. The van der Waals surface area contributed by atoms with Crippen molar-refractivity contribution in [1.29, 1.82) is 0 Å². The summed E-state index contributed by atoms with van der Waals surface area (Å²) in [6, 6.07) is 4.31. The summed E-state index contributed by atoms with van der Waals surface area (Å²) in [7, 11) is 0. The van der Waals surface area contributed by atoms with Gasteiger partial charge in [0.05, 0.1) is 0 Å². The smallest absolute Gasteiger partial charge is 0.203 e. The second kappa shape index (κ2) is 19.0. The Hall–Kier alpha value is -1.05. The highest BCUT2D eigenvalue weighted by molar-refractivity contribution is 8.00. The normalized spacial score (nSPS) is 18.4. The fraction of sp³-hybridized carbons (Fsp3) is 0.829. The third-order valence-electron chi connectivity index (χ3n) is 9.17. The average Bonchev–Trinajstić information content (AvgIpc) is 2.94. The Labute approximate surface area is 306 Å². The molecule has 0 aliphatic carbocycles. The van der Waals surface area contributed by atoms with Gasteiger partial charge in [0.15, 0.2) is 5.50 Å². The number of benzene rings is 1. The van der Waals surface area contributed by atoms with Crippen molar-refractivity contribution in [2.45, 2.75) is 207 Å². The van der Waals surface area contributed by atoms with E-state index in [1.54, 1.807) is 0 Å². The van der Waals surface area contributed by atoms with Crippen LogP contribution in [0.4, 0.5) is 5.69 Å². The Morgan fingerprint density at radius 1 is 0.646 bits per heavy atom. The van der Waals surface area contributed by atoms with Crippen molar-refractivity contribution in [3.63, 3.8) is 0 Å². The van der Waals surface area contributed by atoms with Crippen LogP contribution < -0.4 is 5.32 Å². The number of nitrogens with one attached hydrogen (secondary N) is 1. The van der Waals surface area contributed by atoms with Crippen LogP contribution in [0.15, 0.2) is 17.1 Å². The van der Waals surface area contributed by atoms with E-state index in [-0.39, 0.29) is 32.9 Å². The first-order chi connectivity index (χ1) is 22.2.